The van der Waals surface area contributed by atoms with Crippen molar-refractivity contribution in [1.29, 1.82) is 0 Å². The largest absolute Gasteiger partial charge is 0.451 e. The lowest BCUT2D eigenvalue weighted by molar-refractivity contribution is -0.196. The first-order valence-electron chi connectivity index (χ1n) is 6.75. The summed E-state index contributed by atoms with van der Waals surface area (Å²) < 4.78 is 16.5. The number of benzene rings is 1. The van der Waals surface area contributed by atoms with Crippen LogP contribution in [0.15, 0.2) is 30.3 Å². The summed E-state index contributed by atoms with van der Waals surface area (Å²) in [6.45, 7) is 1.04. The second-order valence-corrected chi connectivity index (χ2v) is 5.04. The molecule has 0 bridgehead atoms. The first-order chi connectivity index (χ1) is 9.69. The van der Waals surface area contributed by atoms with Gasteiger partial charge in [-0.05, 0) is 12.1 Å². The summed E-state index contributed by atoms with van der Waals surface area (Å²) >= 11 is 0. The Morgan fingerprint density at radius 3 is 2.60 bits per heavy atom. The third-order valence-electron chi connectivity index (χ3n) is 3.68. The van der Waals surface area contributed by atoms with Crippen molar-refractivity contribution in [3.05, 3.63) is 35.9 Å². The molecule has 1 atom stereocenters. The Balaban J connectivity index is 1.69. The number of carbonyl (C=O) groups is 2. The molecule has 1 unspecified atom stereocenters. The summed E-state index contributed by atoms with van der Waals surface area (Å²) in [4.78, 5) is 23.9. The standard InChI is InChI=1S/C15H16O5/c16-12-6-7-15(18-8-9-19-15)10-13(12)20-14(17)11-4-2-1-3-5-11/h1-5,13H,6-10H2. The summed E-state index contributed by atoms with van der Waals surface area (Å²) in [5, 5.41) is 0. The van der Waals surface area contributed by atoms with Crippen LogP contribution in [0.4, 0.5) is 0 Å². The lowest BCUT2D eigenvalue weighted by atomic mass is 9.90. The number of esters is 1. The fraction of sp³-hybridized carbons (Fsp3) is 0.467. The molecule has 2 fully saturated rings. The maximum absolute atomic E-state index is 12.0. The molecule has 3 rings (SSSR count). The summed E-state index contributed by atoms with van der Waals surface area (Å²) in [7, 11) is 0. The molecule has 1 aromatic carbocycles. The average molecular weight is 276 g/mol. The van der Waals surface area contributed by atoms with Crippen molar-refractivity contribution in [3.63, 3.8) is 0 Å². The second-order valence-electron chi connectivity index (χ2n) is 5.04. The topological polar surface area (TPSA) is 61.8 Å². The highest BCUT2D eigenvalue weighted by molar-refractivity contribution is 5.93. The number of Topliss-reactive ketones (excluding diaryl/α,β-unsaturated/α-hetero) is 1. The van der Waals surface area contributed by atoms with Crippen LogP contribution in [-0.4, -0.2) is 36.9 Å². The lowest BCUT2D eigenvalue weighted by Crippen LogP contribution is -2.45. The van der Waals surface area contributed by atoms with Crippen molar-refractivity contribution in [2.45, 2.75) is 31.2 Å². The van der Waals surface area contributed by atoms with Gasteiger partial charge in [-0.3, -0.25) is 4.79 Å². The average Bonchev–Trinajstić information content (AvgIpc) is 2.92. The van der Waals surface area contributed by atoms with Gasteiger partial charge in [-0.15, -0.1) is 0 Å². The van der Waals surface area contributed by atoms with Gasteiger partial charge in [0.25, 0.3) is 0 Å². The fourth-order valence-corrected chi connectivity index (χ4v) is 2.61. The first-order valence-corrected chi connectivity index (χ1v) is 6.75. The van der Waals surface area contributed by atoms with Crippen LogP contribution in [0.3, 0.4) is 0 Å². The van der Waals surface area contributed by atoms with Gasteiger partial charge in [0.1, 0.15) is 0 Å². The Hall–Kier alpha value is -1.72. The van der Waals surface area contributed by atoms with Gasteiger partial charge in [-0.25, -0.2) is 4.79 Å². The first kappa shape index (κ1) is 13.3. The van der Waals surface area contributed by atoms with Crippen molar-refractivity contribution >= 4 is 11.8 Å². The molecule has 5 heteroatoms. The second kappa shape index (κ2) is 5.34. The van der Waals surface area contributed by atoms with Crippen LogP contribution in [0.5, 0.6) is 0 Å². The molecule has 0 amide bonds. The third-order valence-corrected chi connectivity index (χ3v) is 3.68. The van der Waals surface area contributed by atoms with Crippen molar-refractivity contribution in [1.82, 2.24) is 0 Å². The molecule has 106 valence electrons. The predicted octanol–water partition coefficient (Wildman–Crippen LogP) is 1.71. The van der Waals surface area contributed by atoms with Crippen LogP contribution < -0.4 is 0 Å². The van der Waals surface area contributed by atoms with Crippen LogP contribution >= 0.6 is 0 Å². The Kier molecular flexibility index (Phi) is 3.54. The molecule has 1 aromatic rings. The number of hydrogen-bond donors (Lipinski definition) is 0. The maximum Gasteiger partial charge on any atom is 0.338 e. The summed E-state index contributed by atoms with van der Waals surface area (Å²) in [6.07, 6.45) is 0.345. The molecule has 1 aliphatic heterocycles. The normalized spacial score (nSPS) is 24.8. The SMILES string of the molecule is O=C(OC1CC2(CCC1=O)OCCO2)c1ccccc1. The Bertz CT molecular complexity index is 504. The molecule has 1 saturated carbocycles. The maximum atomic E-state index is 12.0. The Labute approximate surface area is 116 Å². The molecular weight excluding hydrogens is 260 g/mol. The van der Waals surface area contributed by atoms with Crippen LogP contribution in [-0.2, 0) is 19.0 Å². The summed E-state index contributed by atoms with van der Waals surface area (Å²) in [6, 6.07) is 8.65. The molecule has 5 nitrogen and oxygen atoms in total. The molecule has 0 N–H and O–H groups in total. The van der Waals surface area contributed by atoms with E-state index in [-0.39, 0.29) is 12.2 Å². The quantitative estimate of drug-likeness (QED) is 0.769. The zero-order chi connectivity index (χ0) is 14.0. The molecular formula is C15H16O5. The molecule has 2 aliphatic rings. The molecule has 0 aromatic heterocycles. The minimum atomic E-state index is -0.783. The van der Waals surface area contributed by atoms with Crippen LogP contribution in [0.25, 0.3) is 0 Å². The van der Waals surface area contributed by atoms with E-state index in [4.69, 9.17) is 14.2 Å². The van der Waals surface area contributed by atoms with Crippen molar-refractivity contribution in [2.24, 2.45) is 0 Å². The predicted molar refractivity (Wildman–Crippen MR) is 69.1 cm³/mol. The molecule has 1 aliphatic carbocycles. The monoisotopic (exact) mass is 276 g/mol. The highest BCUT2D eigenvalue weighted by atomic mass is 16.7. The number of ketones is 1. The molecule has 0 radical (unpaired) electrons. The number of rotatable bonds is 2. The molecule has 20 heavy (non-hydrogen) atoms. The fourth-order valence-electron chi connectivity index (χ4n) is 2.61. The minimum Gasteiger partial charge on any atom is -0.451 e. The lowest BCUT2D eigenvalue weighted by Gasteiger charge is -2.34. The van der Waals surface area contributed by atoms with E-state index >= 15 is 0 Å². The van der Waals surface area contributed by atoms with Crippen LogP contribution in [0.1, 0.15) is 29.6 Å². The third kappa shape index (κ3) is 2.59. The van der Waals surface area contributed by atoms with E-state index in [0.29, 0.717) is 31.6 Å². The van der Waals surface area contributed by atoms with E-state index in [1.807, 2.05) is 6.07 Å². The van der Waals surface area contributed by atoms with Gasteiger partial charge in [-0.1, -0.05) is 18.2 Å². The van der Waals surface area contributed by atoms with Gasteiger partial charge in [0.2, 0.25) is 0 Å². The number of ether oxygens (including phenoxy) is 3. The van der Waals surface area contributed by atoms with Crippen LogP contribution in [0.2, 0.25) is 0 Å². The van der Waals surface area contributed by atoms with Gasteiger partial charge in [0.05, 0.1) is 18.8 Å². The summed E-state index contributed by atoms with van der Waals surface area (Å²) in [5.41, 5.74) is 0.438. The van der Waals surface area contributed by atoms with Crippen molar-refractivity contribution < 1.29 is 23.8 Å². The van der Waals surface area contributed by atoms with E-state index in [0.717, 1.165) is 0 Å². The van der Waals surface area contributed by atoms with Gasteiger partial charge in [-0.2, -0.15) is 0 Å². The van der Waals surface area contributed by atoms with Gasteiger partial charge < -0.3 is 14.2 Å². The number of carbonyl (C=O) groups excluding carboxylic acids is 2. The van der Waals surface area contributed by atoms with Gasteiger partial charge >= 0.3 is 5.97 Å². The van der Waals surface area contributed by atoms with Crippen molar-refractivity contribution in [3.8, 4) is 0 Å². The smallest absolute Gasteiger partial charge is 0.338 e. The van der Waals surface area contributed by atoms with E-state index in [1.165, 1.54) is 0 Å². The Morgan fingerprint density at radius 1 is 1.20 bits per heavy atom. The number of hydrogen-bond acceptors (Lipinski definition) is 5. The highest BCUT2D eigenvalue weighted by Gasteiger charge is 2.46. The van der Waals surface area contributed by atoms with E-state index in [2.05, 4.69) is 0 Å². The molecule has 1 saturated heterocycles. The molecule has 1 spiro atoms. The van der Waals surface area contributed by atoms with E-state index in [1.54, 1.807) is 24.3 Å². The van der Waals surface area contributed by atoms with Gasteiger partial charge in [0, 0.05) is 19.3 Å². The zero-order valence-corrected chi connectivity index (χ0v) is 11.0. The zero-order valence-electron chi connectivity index (χ0n) is 11.0. The van der Waals surface area contributed by atoms with Crippen LogP contribution in [0, 0.1) is 0 Å². The highest BCUT2D eigenvalue weighted by Crippen LogP contribution is 2.35. The summed E-state index contributed by atoms with van der Waals surface area (Å²) in [5.74, 6) is -1.30. The van der Waals surface area contributed by atoms with E-state index in [9.17, 15) is 9.59 Å². The Morgan fingerprint density at radius 2 is 1.90 bits per heavy atom. The minimum absolute atomic E-state index is 0.0704. The van der Waals surface area contributed by atoms with Gasteiger partial charge in [0.15, 0.2) is 17.7 Å². The van der Waals surface area contributed by atoms with Crippen molar-refractivity contribution in [2.75, 3.05) is 13.2 Å². The van der Waals surface area contributed by atoms with E-state index < -0.39 is 17.9 Å². The molecule has 1 heterocycles.